The van der Waals surface area contributed by atoms with Crippen molar-refractivity contribution in [3.05, 3.63) is 68.7 Å². The van der Waals surface area contributed by atoms with Gasteiger partial charge in [0, 0.05) is 12.1 Å². The molecule has 0 aliphatic heterocycles. The van der Waals surface area contributed by atoms with Gasteiger partial charge < -0.3 is 9.47 Å². The minimum Gasteiger partial charge on any atom is -0.465 e. The van der Waals surface area contributed by atoms with Crippen LogP contribution in [0.4, 0.5) is 5.69 Å². The maximum absolute atomic E-state index is 12.0. The Hall–Kier alpha value is -2.93. The van der Waals surface area contributed by atoms with E-state index in [-0.39, 0.29) is 27.6 Å². The first-order valence-corrected chi connectivity index (χ1v) is 6.64. The summed E-state index contributed by atoms with van der Waals surface area (Å²) in [6, 6.07) is 9.13. The second-order valence-electron chi connectivity index (χ2n) is 4.33. The number of carbonyl (C=O) groups excluding carboxylic acids is 2. The van der Waals surface area contributed by atoms with Gasteiger partial charge >= 0.3 is 11.9 Å². The maximum atomic E-state index is 12.0. The minimum atomic E-state index is -0.711. The summed E-state index contributed by atoms with van der Waals surface area (Å²) in [6.45, 7) is 0. The lowest BCUT2D eigenvalue weighted by Gasteiger charge is -2.06. The van der Waals surface area contributed by atoms with Crippen LogP contribution >= 0.6 is 11.6 Å². The van der Waals surface area contributed by atoms with Crippen molar-refractivity contribution < 1.29 is 24.0 Å². The molecule has 23 heavy (non-hydrogen) atoms. The van der Waals surface area contributed by atoms with Crippen LogP contribution in [-0.2, 0) is 4.74 Å². The lowest BCUT2D eigenvalue weighted by atomic mass is 10.1. The first-order chi connectivity index (χ1) is 10.9. The fourth-order valence-corrected chi connectivity index (χ4v) is 1.92. The molecule has 0 aliphatic rings. The zero-order valence-corrected chi connectivity index (χ0v) is 12.6. The Kier molecular flexibility index (Phi) is 4.92. The zero-order chi connectivity index (χ0) is 17.0. The zero-order valence-electron chi connectivity index (χ0n) is 11.8. The number of benzene rings is 2. The Bertz CT molecular complexity index is 772. The van der Waals surface area contributed by atoms with Crippen LogP contribution in [0, 0.1) is 10.1 Å². The summed E-state index contributed by atoms with van der Waals surface area (Å²) in [5.74, 6) is -1.24. The SMILES string of the molecule is COC(=O)c1ccc(C(=O)Oc2ccc([N+](=O)[O-])cc2Cl)cc1. The molecule has 0 heterocycles. The van der Waals surface area contributed by atoms with Crippen molar-refractivity contribution in [2.45, 2.75) is 0 Å². The average Bonchev–Trinajstić information content (AvgIpc) is 2.55. The molecule has 0 saturated carbocycles. The number of hydrogen-bond acceptors (Lipinski definition) is 6. The van der Waals surface area contributed by atoms with Crippen LogP contribution in [0.3, 0.4) is 0 Å². The van der Waals surface area contributed by atoms with E-state index >= 15 is 0 Å². The lowest BCUT2D eigenvalue weighted by molar-refractivity contribution is -0.384. The van der Waals surface area contributed by atoms with Crippen molar-refractivity contribution in [2.75, 3.05) is 7.11 Å². The summed E-state index contributed by atoms with van der Waals surface area (Å²) in [4.78, 5) is 33.3. The summed E-state index contributed by atoms with van der Waals surface area (Å²) < 4.78 is 9.63. The average molecular weight is 336 g/mol. The quantitative estimate of drug-likeness (QED) is 0.368. The first-order valence-electron chi connectivity index (χ1n) is 6.27. The van der Waals surface area contributed by atoms with Gasteiger partial charge in [-0.15, -0.1) is 0 Å². The third-order valence-electron chi connectivity index (χ3n) is 2.87. The van der Waals surface area contributed by atoms with E-state index in [0.29, 0.717) is 0 Å². The molecule has 0 atom stereocenters. The topological polar surface area (TPSA) is 95.7 Å². The van der Waals surface area contributed by atoms with E-state index in [1.807, 2.05) is 0 Å². The largest absolute Gasteiger partial charge is 0.465 e. The fraction of sp³-hybridized carbons (Fsp3) is 0.0667. The Morgan fingerprint density at radius 2 is 1.61 bits per heavy atom. The monoisotopic (exact) mass is 335 g/mol. The normalized spacial score (nSPS) is 10.0. The van der Waals surface area contributed by atoms with Gasteiger partial charge in [0.1, 0.15) is 5.75 Å². The van der Waals surface area contributed by atoms with Gasteiger partial charge in [-0.05, 0) is 30.3 Å². The van der Waals surface area contributed by atoms with Crippen molar-refractivity contribution in [1.82, 2.24) is 0 Å². The van der Waals surface area contributed by atoms with E-state index in [2.05, 4.69) is 4.74 Å². The third-order valence-corrected chi connectivity index (χ3v) is 3.17. The highest BCUT2D eigenvalue weighted by Crippen LogP contribution is 2.29. The van der Waals surface area contributed by atoms with Crippen molar-refractivity contribution >= 4 is 29.2 Å². The van der Waals surface area contributed by atoms with Crippen LogP contribution in [-0.4, -0.2) is 24.0 Å². The van der Waals surface area contributed by atoms with Crippen molar-refractivity contribution in [3.63, 3.8) is 0 Å². The van der Waals surface area contributed by atoms with Gasteiger partial charge in [-0.1, -0.05) is 11.6 Å². The molecule has 0 spiro atoms. The molecule has 118 valence electrons. The van der Waals surface area contributed by atoms with E-state index in [4.69, 9.17) is 16.3 Å². The van der Waals surface area contributed by atoms with E-state index in [1.165, 1.54) is 43.5 Å². The number of esters is 2. The molecule has 8 heteroatoms. The smallest absolute Gasteiger partial charge is 0.343 e. The number of carbonyl (C=O) groups is 2. The van der Waals surface area contributed by atoms with Crippen molar-refractivity contribution in [3.8, 4) is 5.75 Å². The van der Waals surface area contributed by atoms with Crippen LogP contribution in [0.2, 0.25) is 5.02 Å². The van der Waals surface area contributed by atoms with Crippen LogP contribution in [0.15, 0.2) is 42.5 Å². The van der Waals surface area contributed by atoms with Crippen molar-refractivity contribution in [2.24, 2.45) is 0 Å². The minimum absolute atomic E-state index is 0.000638. The number of nitro groups is 1. The molecule has 2 aromatic carbocycles. The standard InChI is InChI=1S/C15H10ClNO6/c1-22-14(18)9-2-4-10(5-3-9)15(19)23-13-7-6-11(17(20)21)8-12(13)16/h2-8H,1H3. The molecule has 2 rings (SSSR count). The molecule has 0 saturated heterocycles. The Morgan fingerprint density at radius 1 is 1.04 bits per heavy atom. The molecule has 0 aromatic heterocycles. The number of methoxy groups -OCH3 is 1. The highest BCUT2D eigenvalue weighted by Gasteiger charge is 2.15. The highest BCUT2D eigenvalue weighted by atomic mass is 35.5. The van der Waals surface area contributed by atoms with Crippen LogP contribution < -0.4 is 4.74 Å². The molecule has 0 radical (unpaired) electrons. The number of ether oxygens (including phenoxy) is 2. The van der Waals surface area contributed by atoms with Crippen LogP contribution in [0.1, 0.15) is 20.7 Å². The number of halogens is 1. The second-order valence-corrected chi connectivity index (χ2v) is 4.74. The van der Waals surface area contributed by atoms with E-state index in [9.17, 15) is 19.7 Å². The predicted molar refractivity (Wildman–Crippen MR) is 80.8 cm³/mol. The maximum Gasteiger partial charge on any atom is 0.343 e. The van der Waals surface area contributed by atoms with Gasteiger partial charge in [0.05, 0.1) is 28.2 Å². The summed E-state index contributed by atoms with van der Waals surface area (Å²) >= 11 is 5.85. The Balaban J connectivity index is 2.16. The Morgan fingerprint density at radius 3 is 2.09 bits per heavy atom. The predicted octanol–water partition coefficient (Wildman–Crippen LogP) is 3.25. The second kappa shape index (κ2) is 6.89. The molecule has 0 fully saturated rings. The molecule has 0 amide bonds. The molecular formula is C15H10ClNO6. The van der Waals surface area contributed by atoms with Gasteiger partial charge in [0.2, 0.25) is 0 Å². The summed E-state index contributed by atoms with van der Waals surface area (Å²) in [7, 11) is 1.25. The van der Waals surface area contributed by atoms with Crippen molar-refractivity contribution in [1.29, 1.82) is 0 Å². The molecule has 0 unspecified atom stereocenters. The number of non-ortho nitro benzene ring substituents is 1. The molecule has 0 bridgehead atoms. The highest BCUT2D eigenvalue weighted by molar-refractivity contribution is 6.32. The molecule has 7 nitrogen and oxygen atoms in total. The van der Waals surface area contributed by atoms with Gasteiger partial charge in [-0.25, -0.2) is 9.59 Å². The van der Waals surface area contributed by atoms with Crippen LogP contribution in [0.25, 0.3) is 0 Å². The first kappa shape index (κ1) is 16.4. The summed E-state index contributed by atoms with van der Waals surface area (Å²) in [5.41, 5.74) is 0.265. The summed E-state index contributed by atoms with van der Waals surface area (Å²) in [6.07, 6.45) is 0. The Labute approximate surface area is 135 Å². The molecule has 2 aromatic rings. The van der Waals surface area contributed by atoms with E-state index < -0.39 is 16.9 Å². The fourth-order valence-electron chi connectivity index (χ4n) is 1.71. The number of hydrogen-bond donors (Lipinski definition) is 0. The van der Waals surface area contributed by atoms with Crippen LogP contribution in [0.5, 0.6) is 5.75 Å². The van der Waals surface area contributed by atoms with Gasteiger partial charge in [0.25, 0.3) is 5.69 Å². The van der Waals surface area contributed by atoms with Gasteiger partial charge in [0.15, 0.2) is 0 Å². The number of nitro benzene ring substituents is 1. The molecular weight excluding hydrogens is 326 g/mol. The number of nitrogens with zero attached hydrogens (tertiary/aromatic N) is 1. The molecule has 0 aliphatic carbocycles. The van der Waals surface area contributed by atoms with Gasteiger partial charge in [-0.2, -0.15) is 0 Å². The van der Waals surface area contributed by atoms with E-state index in [1.54, 1.807) is 0 Å². The number of rotatable bonds is 4. The van der Waals surface area contributed by atoms with E-state index in [0.717, 1.165) is 6.07 Å². The lowest BCUT2D eigenvalue weighted by Crippen LogP contribution is -2.09. The third kappa shape index (κ3) is 3.83. The van der Waals surface area contributed by atoms with Gasteiger partial charge in [-0.3, -0.25) is 10.1 Å². The summed E-state index contributed by atoms with van der Waals surface area (Å²) in [5, 5.41) is 10.6. The molecule has 0 N–H and O–H groups in total.